The lowest BCUT2D eigenvalue weighted by atomic mass is 10.2. The number of aromatic nitrogens is 1. The molecular weight excluding hydrogens is 386 g/mol. The summed E-state index contributed by atoms with van der Waals surface area (Å²) < 4.78 is 5.51. The molecule has 2 rings (SSSR count). The molecule has 0 aliphatic rings. The van der Waals surface area contributed by atoms with Crippen molar-refractivity contribution in [2.45, 2.75) is 33.6 Å². The van der Waals surface area contributed by atoms with Crippen LogP contribution in [0.4, 0.5) is 5.69 Å². The lowest BCUT2D eigenvalue weighted by Crippen LogP contribution is -2.34. The van der Waals surface area contributed by atoms with Crippen LogP contribution in [0.25, 0.3) is 0 Å². The zero-order valence-electron chi connectivity index (χ0n) is 15.8. The highest BCUT2D eigenvalue weighted by Crippen LogP contribution is 2.28. The van der Waals surface area contributed by atoms with Crippen LogP contribution in [0.5, 0.6) is 5.75 Å². The first-order chi connectivity index (χ1) is 13.0. The number of likely N-dealkylation sites (N-methyl/N-ethyl adjacent to an activating group) is 1. The van der Waals surface area contributed by atoms with E-state index in [0.29, 0.717) is 29.5 Å². The molecular formula is C19H24ClN3O3S. The molecule has 146 valence electrons. The van der Waals surface area contributed by atoms with Gasteiger partial charge in [-0.3, -0.25) is 9.59 Å². The van der Waals surface area contributed by atoms with Gasteiger partial charge in [-0.1, -0.05) is 18.5 Å². The highest BCUT2D eigenvalue weighted by molar-refractivity contribution is 7.09. The van der Waals surface area contributed by atoms with Gasteiger partial charge in [-0.2, -0.15) is 0 Å². The fourth-order valence-corrected chi connectivity index (χ4v) is 3.44. The summed E-state index contributed by atoms with van der Waals surface area (Å²) in [5, 5.41) is 6.05. The first kappa shape index (κ1) is 21.2. The number of hydrogen-bond donors (Lipinski definition) is 1. The van der Waals surface area contributed by atoms with Crippen LogP contribution in [0.1, 0.15) is 31.5 Å². The maximum absolute atomic E-state index is 12.2. The molecule has 2 aromatic rings. The molecule has 1 heterocycles. The number of ether oxygens (including phenoxy) is 1. The Morgan fingerprint density at radius 1 is 1.26 bits per heavy atom. The van der Waals surface area contributed by atoms with Gasteiger partial charge in [-0.15, -0.1) is 11.3 Å². The summed E-state index contributed by atoms with van der Waals surface area (Å²) in [6, 6.07) is 4.94. The average molecular weight is 410 g/mol. The van der Waals surface area contributed by atoms with Crippen molar-refractivity contribution in [3.63, 3.8) is 0 Å². The Labute approximate surface area is 168 Å². The van der Waals surface area contributed by atoms with Crippen molar-refractivity contribution in [1.82, 2.24) is 9.88 Å². The largest absolute Gasteiger partial charge is 0.482 e. The van der Waals surface area contributed by atoms with E-state index in [2.05, 4.69) is 10.3 Å². The first-order valence-corrected chi connectivity index (χ1v) is 10.2. The number of anilines is 1. The quantitative estimate of drug-likeness (QED) is 0.684. The van der Waals surface area contributed by atoms with E-state index >= 15 is 0 Å². The van der Waals surface area contributed by atoms with E-state index in [4.69, 9.17) is 16.3 Å². The predicted octanol–water partition coefficient (Wildman–Crippen LogP) is 3.79. The molecule has 0 bridgehead atoms. The van der Waals surface area contributed by atoms with Crippen molar-refractivity contribution in [1.29, 1.82) is 0 Å². The van der Waals surface area contributed by atoms with Crippen LogP contribution < -0.4 is 10.1 Å². The lowest BCUT2D eigenvalue weighted by molar-refractivity contribution is -0.133. The minimum absolute atomic E-state index is 0.0727. The second-order valence-corrected chi connectivity index (χ2v) is 7.16. The zero-order chi connectivity index (χ0) is 19.8. The Balaban J connectivity index is 1.91. The summed E-state index contributed by atoms with van der Waals surface area (Å²) in [6.45, 7) is 7.06. The number of amides is 2. The second-order valence-electron chi connectivity index (χ2n) is 5.81. The fourth-order valence-electron chi connectivity index (χ4n) is 2.46. The van der Waals surface area contributed by atoms with Crippen LogP contribution in [0.15, 0.2) is 23.6 Å². The van der Waals surface area contributed by atoms with Gasteiger partial charge < -0.3 is 15.0 Å². The number of carbonyl (C=O) groups excluding carboxylic acids is 2. The van der Waals surface area contributed by atoms with Gasteiger partial charge in [0, 0.05) is 24.2 Å². The highest BCUT2D eigenvalue weighted by atomic mass is 35.5. The summed E-state index contributed by atoms with van der Waals surface area (Å²) in [5.41, 5.74) is 1.33. The molecule has 0 aliphatic carbocycles. The molecule has 0 aliphatic heterocycles. The van der Waals surface area contributed by atoms with Crippen molar-refractivity contribution >= 4 is 40.4 Å². The fraction of sp³-hybridized carbons (Fsp3) is 0.421. The average Bonchev–Trinajstić information content (AvgIpc) is 3.09. The maximum atomic E-state index is 12.2. The molecule has 0 unspecified atom stereocenters. The summed E-state index contributed by atoms with van der Waals surface area (Å²) in [6.07, 6.45) is 1.07. The number of nitrogens with zero attached hydrogens (tertiary/aromatic N) is 2. The van der Waals surface area contributed by atoms with Gasteiger partial charge in [0.1, 0.15) is 5.75 Å². The molecule has 1 N–H and O–H groups in total. The molecule has 0 saturated heterocycles. The Morgan fingerprint density at radius 3 is 2.59 bits per heavy atom. The van der Waals surface area contributed by atoms with E-state index in [1.807, 2.05) is 26.2 Å². The van der Waals surface area contributed by atoms with Crippen molar-refractivity contribution < 1.29 is 14.3 Å². The lowest BCUT2D eigenvalue weighted by Gasteiger charge is -2.19. The van der Waals surface area contributed by atoms with Gasteiger partial charge >= 0.3 is 0 Å². The van der Waals surface area contributed by atoms with E-state index in [9.17, 15) is 9.59 Å². The Kier molecular flexibility index (Phi) is 8.06. The third-order valence-electron chi connectivity index (χ3n) is 3.93. The maximum Gasteiger partial charge on any atom is 0.260 e. The van der Waals surface area contributed by atoms with Gasteiger partial charge in [-0.05, 0) is 38.5 Å². The summed E-state index contributed by atoms with van der Waals surface area (Å²) >= 11 is 7.77. The molecule has 8 heteroatoms. The number of rotatable bonds is 9. The van der Waals surface area contributed by atoms with E-state index in [1.54, 1.807) is 34.4 Å². The number of benzene rings is 1. The van der Waals surface area contributed by atoms with Crippen molar-refractivity contribution in [2.24, 2.45) is 0 Å². The molecule has 2 amide bonds. The number of halogens is 1. The predicted molar refractivity (Wildman–Crippen MR) is 109 cm³/mol. The topological polar surface area (TPSA) is 71.5 Å². The van der Waals surface area contributed by atoms with Gasteiger partial charge in [0.25, 0.3) is 5.91 Å². The van der Waals surface area contributed by atoms with Crippen LogP contribution in [-0.4, -0.2) is 41.4 Å². The van der Waals surface area contributed by atoms with E-state index in [-0.39, 0.29) is 24.8 Å². The SMILES string of the molecule is CCc1nc(CC(=O)Nc2ccc(OCC(=O)N(CC)CC)c(Cl)c2)cs1. The monoisotopic (exact) mass is 409 g/mol. The van der Waals surface area contributed by atoms with Crippen LogP contribution in [0.2, 0.25) is 5.02 Å². The summed E-state index contributed by atoms with van der Waals surface area (Å²) in [7, 11) is 0. The van der Waals surface area contributed by atoms with E-state index in [0.717, 1.165) is 17.1 Å². The summed E-state index contributed by atoms with van der Waals surface area (Å²) in [4.78, 5) is 30.2. The van der Waals surface area contributed by atoms with Crippen LogP contribution in [-0.2, 0) is 22.4 Å². The molecule has 1 aromatic carbocycles. The normalized spacial score (nSPS) is 10.5. The van der Waals surface area contributed by atoms with E-state index < -0.39 is 0 Å². The minimum atomic E-state index is -0.163. The van der Waals surface area contributed by atoms with Crippen molar-refractivity contribution in [2.75, 3.05) is 25.0 Å². The molecule has 0 fully saturated rings. The van der Waals surface area contributed by atoms with Gasteiger partial charge in [-0.25, -0.2) is 4.98 Å². The number of aryl methyl sites for hydroxylation is 1. The van der Waals surface area contributed by atoms with Crippen molar-refractivity contribution in [3.8, 4) is 5.75 Å². The highest BCUT2D eigenvalue weighted by Gasteiger charge is 2.13. The van der Waals surface area contributed by atoms with Crippen LogP contribution >= 0.6 is 22.9 Å². The smallest absolute Gasteiger partial charge is 0.260 e. The first-order valence-electron chi connectivity index (χ1n) is 8.90. The number of thiazole rings is 1. The Bertz CT molecular complexity index is 790. The molecule has 0 atom stereocenters. The van der Waals surface area contributed by atoms with Crippen LogP contribution in [0, 0.1) is 0 Å². The number of hydrogen-bond acceptors (Lipinski definition) is 5. The standard InChI is InChI=1S/C19H24ClN3O3S/c1-4-18-22-14(12-27-18)10-17(24)21-13-7-8-16(15(20)9-13)26-11-19(25)23(5-2)6-3/h7-9,12H,4-6,10-11H2,1-3H3,(H,21,24). The molecule has 0 spiro atoms. The van der Waals surface area contributed by atoms with Gasteiger partial charge in [0.05, 0.1) is 22.1 Å². The van der Waals surface area contributed by atoms with Crippen molar-refractivity contribution in [3.05, 3.63) is 39.3 Å². The second kappa shape index (κ2) is 10.3. The molecule has 0 radical (unpaired) electrons. The summed E-state index contributed by atoms with van der Waals surface area (Å²) in [5.74, 6) is 0.148. The molecule has 6 nitrogen and oxygen atoms in total. The minimum Gasteiger partial charge on any atom is -0.482 e. The molecule has 1 aromatic heterocycles. The molecule has 27 heavy (non-hydrogen) atoms. The van der Waals surface area contributed by atoms with Gasteiger partial charge in [0.2, 0.25) is 5.91 Å². The zero-order valence-corrected chi connectivity index (χ0v) is 17.3. The van der Waals surface area contributed by atoms with Crippen LogP contribution in [0.3, 0.4) is 0 Å². The third kappa shape index (κ3) is 6.22. The van der Waals surface area contributed by atoms with Gasteiger partial charge in [0.15, 0.2) is 6.61 Å². The van der Waals surface area contributed by atoms with E-state index in [1.165, 1.54) is 0 Å². The Morgan fingerprint density at radius 2 is 2.00 bits per heavy atom. The molecule has 0 saturated carbocycles. The number of nitrogens with one attached hydrogen (secondary N) is 1. The number of carbonyl (C=O) groups is 2. The third-order valence-corrected chi connectivity index (χ3v) is 5.26. The Hall–Kier alpha value is -2.12.